The van der Waals surface area contributed by atoms with Crippen molar-refractivity contribution in [3.63, 3.8) is 0 Å². The summed E-state index contributed by atoms with van der Waals surface area (Å²) in [5, 5.41) is 20.2. The van der Waals surface area contributed by atoms with Crippen LogP contribution in [-0.2, 0) is 9.47 Å². The molecule has 1 amide bonds. The molecule has 0 saturated heterocycles. The van der Waals surface area contributed by atoms with Crippen molar-refractivity contribution < 1.29 is 24.0 Å². The molecule has 0 aromatic heterocycles. The second-order valence-electron chi connectivity index (χ2n) is 7.41. The molecular formula is C17H21N3O6. The Kier molecular flexibility index (Phi) is 5.94. The Balaban J connectivity index is 3.28. The van der Waals surface area contributed by atoms with E-state index in [1.54, 1.807) is 41.5 Å². The van der Waals surface area contributed by atoms with Crippen LogP contribution in [0.5, 0.6) is 0 Å². The third-order valence-electron chi connectivity index (χ3n) is 2.97. The molecular weight excluding hydrogens is 342 g/mol. The van der Waals surface area contributed by atoms with E-state index in [-0.39, 0.29) is 16.9 Å². The fourth-order valence-electron chi connectivity index (χ4n) is 2.04. The molecule has 0 radical (unpaired) electrons. The second-order valence-corrected chi connectivity index (χ2v) is 7.41. The highest BCUT2D eigenvalue weighted by Crippen LogP contribution is 2.31. The van der Waals surface area contributed by atoms with E-state index < -0.39 is 28.3 Å². The number of non-ortho nitro benzene ring substituents is 1. The molecule has 9 nitrogen and oxygen atoms in total. The lowest BCUT2D eigenvalue weighted by molar-refractivity contribution is -0.384. The van der Waals surface area contributed by atoms with Crippen molar-refractivity contribution in [3.05, 3.63) is 33.9 Å². The van der Waals surface area contributed by atoms with Crippen LogP contribution >= 0.6 is 0 Å². The van der Waals surface area contributed by atoms with Gasteiger partial charge in [0.1, 0.15) is 11.7 Å². The maximum atomic E-state index is 12.5. The van der Waals surface area contributed by atoms with Gasteiger partial charge in [-0.05, 0) is 47.6 Å². The molecule has 0 heterocycles. The lowest BCUT2D eigenvalue weighted by Gasteiger charge is -2.34. The van der Waals surface area contributed by atoms with Gasteiger partial charge in [-0.1, -0.05) is 0 Å². The van der Waals surface area contributed by atoms with E-state index in [9.17, 15) is 25.0 Å². The first-order valence-electron chi connectivity index (χ1n) is 7.70. The number of rotatable bonds is 2. The van der Waals surface area contributed by atoms with Gasteiger partial charge in [-0.15, -0.1) is 0 Å². The quantitative estimate of drug-likeness (QED) is 0.335. The van der Waals surface area contributed by atoms with E-state index >= 15 is 0 Å². The van der Waals surface area contributed by atoms with E-state index in [2.05, 4.69) is 0 Å². The van der Waals surface area contributed by atoms with Crippen molar-refractivity contribution >= 4 is 23.6 Å². The highest BCUT2D eigenvalue weighted by Gasteiger charge is 2.34. The lowest BCUT2D eigenvalue weighted by atomic mass is 10.0. The minimum atomic E-state index is -1.18. The maximum absolute atomic E-state index is 12.5. The minimum Gasteiger partial charge on any atom is -0.428 e. The molecule has 0 aliphatic carbocycles. The number of anilines is 1. The molecule has 140 valence electrons. The Morgan fingerprint density at radius 2 is 1.77 bits per heavy atom. The first-order chi connectivity index (χ1) is 11.8. The van der Waals surface area contributed by atoms with Crippen LogP contribution in [0.15, 0.2) is 18.2 Å². The van der Waals surface area contributed by atoms with Gasteiger partial charge in [0, 0.05) is 17.7 Å². The summed E-state index contributed by atoms with van der Waals surface area (Å²) in [6, 6.07) is 5.29. The summed E-state index contributed by atoms with van der Waals surface area (Å²) in [5.74, 6) is 0. The van der Waals surface area contributed by atoms with Crippen molar-refractivity contribution in [2.75, 3.05) is 4.90 Å². The van der Waals surface area contributed by atoms with Crippen molar-refractivity contribution in [1.82, 2.24) is 0 Å². The molecule has 0 aliphatic rings. The first-order valence-corrected chi connectivity index (χ1v) is 7.70. The molecule has 0 N–H and O–H groups in total. The highest BCUT2D eigenvalue weighted by atomic mass is 16.8. The van der Waals surface area contributed by atoms with Crippen LogP contribution in [0.25, 0.3) is 0 Å². The van der Waals surface area contributed by atoms with E-state index in [1.807, 2.05) is 6.07 Å². The minimum absolute atomic E-state index is 0.0826. The molecule has 0 atom stereocenters. The zero-order chi connectivity index (χ0) is 20.3. The number of nitriles is 1. The zero-order valence-electron chi connectivity index (χ0n) is 15.5. The Bertz CT molecular complexity index is 768. The van der Waals surface area contributed by atoms with Gasteiger partial charge >= 0.3 is 12.2 Å². The number of nitro groups is 1. The molecule has 1 rings (SSSR count). The molecule has 1 aromatic carbocycles. The fourth-order valence-corrected chi connectivity index (χ4v) is 2.04. The second kappa shape index (κ2) is 7.39. The number of hydrogen-bond acceptors (Lipinski definition) is 7. The predicted molar refractivity (Wildman–Crippen MR) is 92.8 cm³/mol. The molecule has 0 fully saturated rings. The van der Waals surface area contributed by atoms with E-state index in [1.165, 1.54) is 6.07 Å². The summed E-state index contributed by atoms with van der Waals surface area (Å²) >= 11 is 0. The van der Waals surface area contributed by atoms with Gasteiger partial charge in [0.2, 0.25) is 0 Å². The summed E-state index contributed by atoms with van der Waals surface area (Å²) in [5.41, 5.74) is -2.05. The molecule has 1 aromatic rings. The monoisotopic (exact) mass is 363 g/mol. The summed E-state index contributed by atoms with van der Waals surface area (Å²) < 4.78 is 9.68. The first kappa shape index (κ1) is 20.9. The Labute approximate surface area is 151 Å². The van der Waals surface area contributed by atoms with E-state index in [4.69, 9.17) is 9.47 Å². The van der Waals surface area contributed by atoms with Crippen LogP contribution in [0.4, 0.5) is 21.0 Å². The smallest absolute Gasteiger partial charge is 0.428 e. The van der Waals surface area contributed by atoms with Crippen molar-refractivity contribution in [2.24, 2.45) is 0 Å². The molecule has 0 spiro atoms. The standard InChI is InChI=1S/C17H21N3O6/c1-16(2,3)19(14(21)25-15(22)26-17(4,5)6)13-8-7-12(20(23)24)9-11(13)10-18/h7-9H,1-6H3. The van der Waals surface area contributed by atoms with Crippen LogP contribution in [-0.4, -0.2) is 28.3 Å². The Hall–Kier alpha value is -3.15. The number of carbonyl (C=O) groups is 2. The van der Waals surface area contributed by atoms with Gasteiger partial charge in [-0.25, -0.2) is 9.59 Å². The molecule has 0 bridgehead atoms. The summed E-state index contributed by atoms with van der Waals surface area (Å²) in [6.45, 7) is 9.82. The number of ether oxygens (including phenoxy) is 2. The fraction of sp³-hybridized carbons (Fsp3) is 0.471. The van der Waals surface area contributed by atoms with Gasteiger partial charge in [0.15, 0.2) is 0 Å². The normalized spacial score (nSPS) is 11.3. The number of hydrogen-bond donors (Lipinski definition) is 0. The Morgan fingerprint density at radius 1 is 1.19 bits per heavy atom. The number of carbonyl (C=O) groups excluding carboxylic acids is 2. The maximum Gasteiger partial charge on any atom is 0.517 e. The van der Waals surface area contributed by atoms with Gasteiger partial charge in [-0.2, -0.15) is 5.26 Å². The van der Waals surface area contributed by atoms with Gasteiger partial charge in [-0.3, -0.25) is 15.0 Å². The number of benzene rings is 1. The van der Waals surface area contributed by atoms with Gasteiger partial charge in [0.05, 0.1) is 16.2 Å². The predicted octanol–water partition coefficient (Wildman–Crippen LogP) is 4.14. The number of amides is 1. The highest BCUT2D eigenvalue weighted by molar-refractivity contribution is 5.95. The van der Waals surface area contributed by atoms with Crippen LogP contribution in [0.1, 0.15) is 47.1 Å². The molecule has 9 heteroatoms. The van der Waals surface area contributed by atoms with Crippen LogP contribution in [0, 0.1) is 21.4 Å². The third-order valence-corrected chi connectivity index (χ3v) is 2.97. The van der Waals surface area contributed by atoms with Crippen molar-refractivity contribution in [2.45, 2.75) is 52.7 Å². The van der Waals surface area contributed by atoms with E-state index in [0.717, 1.165) is 17.0 Å². The van der Waals surface area contributed by atoms with Gasteiger partial charge < -0.3 is 9.47 Å². The lowest BCUT2D eigenvalue weighted by Crippen LogP contribution is -2.47. The van der Waals surface area contributed by atoms with Crippen LogP contribution < -0.4 is 4.90 Å². The molecule has 26 heavy (non-hydrogen) atoms. The average Bonchev–Trinajstić information content (AvgIpc) is 2.43. The largest absolute Gasteiger partial charge is 0.517 e. The number of nitro benzene ring substituents is 1. The SMILES string of the molecule is CC(C)(C)OC(=O)OC(=O)N(c1ccc([N+](=O)[O-])cc1C#N)C(C)(C)C. The topological polar surface area (TPSA) is 123 Å². The third kappa shape index (κ3) is 5.44. The molecule has 0 saturated carbocycles. The summed E-state index contributed by atoms with van der Waals surface area (Å²) in [7, 11) is 0. The Morgan fingerprint density at radius 3 is 2.19 bits per heavy atom. The van der Waals surface area contributed by atoms with Crippen LogP contribution in [0.3, 0.4) is 0 Å². The number of nitrogens with zero attached hydrogens (tertiary/aromatic N) is 3. The van der Waals surface area contributed by atoms with Crippen LogP contribution in [0.2, 0.25) is 0 Å². The zero-order valence-corrected chi connectivity index (χ0v) is 15.5. The summed E-state index contributed by atoms with van der Waals surface area (Å²) in [4.78, 5) is 35.6. The van der Waals surface area contributed by atoms with Crippen molar-refractivity contribution in [1.29, 1.82) is 5.26 Å². The summed E-state index contributed by atoms with van der Waals surface area (Å²) in [6.07, 6.45) is -2.24. The molecule has 0 unspecified atom stereocenters. The molecule has 0 aliphatic heterocycles. The van der Waals surface area contributed by atoms with Gasteiger partial charge in [0.25, 0.3) is 5.69 Å². The average molecular weight is 363 g/mol. The van der Waals surface area contributed by atoms with Crippen molar-refractivity contribution in [3.8, 4) is 6.07 Å². The van der Waals surface area contributed by atoms with E-state index in [0.29, 0.717) is 0 Å².